The van der Waals surface area contributed by atoms with Crippen LogP contribution in [0.15, 0.2) is 87.6 Å². The predicted octanol–water partition coefficient (Wildman–Crippen LogP) is 3.61. The van der Waals surface area contributed by atoms with Gasteiger partial charge in [-0.1, -0.05) is 48.0 Å². The van der Waals surface area contributed by atoms with Crippen molar-refractivity contribution in [2.45, 2.75) is 9.79 Å². The summed E-state index contributed by atoms with van der Waals surface area (Å²) in [5.41, 5.74) is 0.719. The number of nitrogens with zero attached hydrogens (tertiary/aromatic N) is 3. The molecule has 1 aliphatic rings. The molecule has 1 heterocycles. The number of rotatable bonds is 3. The first-order valence-corrected chi connectivity index (χ1v) is 12.4. The van der Waals surface area contributed by atoms with E-state index in [4.69, 9.17) is 16.7 Å². The molecule has 0 fully saturated rings. The van der Waals surface area contributed by atoms with E-state index in [2.05, 4.69) is 4.99 Å². The molecular weight excluding hydrogens is 476 g/mol. The first-order valence-electron chi connectivity index (χ1n) is 9.00. The average Bonchev–Trinajstić information content (AvgIpc) is 2.74. The maximum absolute atomic E-state index is 13.5. The van der Waals surface area contributed by atoms with Crippen molar-refractivity contribution < 1.29 is 21.6 Å². The Labute approximate surface area is 189 Å². The Morgan fingerprint density at radius 3 is 2.00 bits per heavy atom. The molecule has 0 saturated heterocycles. The van der Waals surface area contributed by atoms with Gasteiger partial charge in [-0.15, -0.1) is 0 Å². The highest BCUT2D eigenvalue weighted by Gasteiger charge is 2.38. The molecular formula is C20H15ClN4O5S2. The molecule has 32 heavy (non-hydrogen) atoms. The number of anilines is 2. The van der Waals surface area contributed by atoms with E-state index in [-0.39, 0.29) is 10.7 Å². The van der Waals surface area contributed by atoms with Crippen LogP contribution >= 0.6 is 11.6 Å². The number of primary sulfonamides is 1. The first kappa shape index (κ1) is 22.0. The fraction of sp³-hybridized carbons (Fsp3) is 0. The number of benzene rings is 3. The molecule has 2 N–H and O–H groups in total. The molecule has 3 aromatic rings. The highest BCUT2D eigenvalue weighted by Crippen LogP contribution is 2.37. The predicted molar refractivity (Wildman–Crippen MR) is 120 cm³/mol. The fourth-order valence-corrected chi connectivity index (χ4v) is 5.59. The van der Waals surface area contributed by atoms with E-state index >= 15 is 0 Å². The molecule has 0 aliphatic carbocycles. The zero-order valence-corrected chi connectivity index (χ0v) is 18.5. The van der Waals surface area contributed by atoms with Crippen molar-refractivity contribution >= 4 is 61.1 Å². The summed E-state index contributed by atoms with van der Waals surface area (Å²) in [5, 5.41) is 4.86. The number of fused-ring (bicyclic) bond motifs is 1. The van der Waals surface area contributed by atoms with Gasteiger partial charge in [0.25, 0.3) is 10.0 Å². The maximum atomic E-state index is 13.5. The highest BCUT2D eigenvalue weighted by atomic mass is 35.5. The second-order valence-corrected chi connectivity index (χ2v) is 10.4. The van der Waals surface area contributed by atoms with Gasteiger partial charge in [-0.25, -0.2) is 31.8 Å². The summed E-state index contributed by atoms with van der Waals surface area (Å²) in [7, 11) is -8.85. The molecule has 2 amide bonds. The smallest absolute Gasteiger partial charge is 0.262 e. The van der Waals surface area contributed by atoms with Crippen LogP contribution in [0.25, 0.3) is 0 Å². The van der Waals surface area contributed by atoms with E-state index in [1.165, 1.54) is 4.90 Å². The van der Waals surface area contributed by atoms with Gasteiger partial charge in [0, 0.05) is 0 Å². The molecule has 0 atom stereocenters. The number of sulfonamides is 2. The first-order chi connectivity index (χ1) is 15.1. The lowest BCUT2D eigenvalue weighted by Crippen LogP contribution is -2.44. The topological polar surface area (TPSA) is 130 Å². The zero-order valence-electron chi connectivity index (χ0n) is 16.2. The number of urea groups is 1. The highest BCUT2D eigenvalue weighted by molar-refractivity contribution is 7.90. The third kappa shape index (κ3) is 3.86. The monoisotopic (exact) mass is 490 g/mol. The van der Waals surface area contributed by atoms with Gasteiger partial charge in [0.05, 0.1) is 22.1 Å². The van der Waals surface area contributed by atoms with Gasteiger partial charge in [-0.3, -0.25) is 4.90 Å². The van der Waals surface area contributed by atoms with Gasteiger partial charge in [0.15, 0.2) is 0 Å². The standard InChI is InChI=1S/C20H15ClN4O5S2/c21-16-11-17-19(12-18(16)31(22,27)28)32(29,30)24(13-23-17)20(26)25(14-7-3-1-4-8-14)15-9-5-2-6-10-15/h1-13H,(H2,22,27,28). The summed E-state index contributed by atoms with van der Waals surface area (Å²) in [6.45, 7) is 0. The summed E-state index contributed by atoms with van der Waals surface area (Å²) in [6, 6.07) is 17.8. The van der Waals surface area contributed by atoms with Gasteiger partial charge in [0.1, 0.15) is 16.1 Å². The van der Waals surface area contributed by atoms with Crippen LogP contribution in [0.2, 0.25) is 5.02 Å². The number of amides is 2. The lowest BCUT2D eigenvalue weighted by molar-refractivity contribution is 0.242. The second-order valence-electron chi connectivity index (χ2n) is 6.63. The molecule has 0 spiro atoms. The summed E-state index contributed by atoms with van der Waals surface area (Å²) in [5.74, 6) is 0. The SMILES string of the molecule is NS(=O)(=O)c1cc2c(cc1Cl)N=CN(C(=O)N(c1ccccc1)c1ccccc1)S2(=O)=O. The molecule has 0 radical (unpaired) electrons. The van der Waals surface area contributed by atoms with Gasteiger partial charge in [0.2, 0.25) is 10.0 Å². The Hall–Kier alpha value is -3.25. The molecule has 3 aromatic carbocycles. The van der Waals surface area contributed by atoms with Crippen molar-refractivity contribution in [3.05, 3.63) is 77.8 Å². The number of nitrogens with two attached hydrogens (primary N) is 1. The van der Waals surface area contributed by atoms with Crippen LogP contribution in [-0.2, 0) is 20.0 Å². The van der Waals surface area contributed by atoms with Crippen molar-refractivity contribution in [1.82, 2.24) is 4.31 Å². The quantitative estimate of drug-likeness (QED) is 0.599. The number of aliphatic imine (C=N–C) groups is 1. The normalized spacial score (nSPS) is 14.6. The number of carbonyl (C=O) groups is 1. The van der Waals surface area contributed by atoms with Crippen LogP contribution < -0.4 is 10.0 Å². The van der Waals surface area contributed by atoms with Crippen LogP contribution in [0, 0.1) is 0 Å². The van der Waals surface area contributed by atoms with Crippen molar-refractivity contribution in [2.75, 3.05) is 4.90 Å². The molecule has 164 valence electrons. The maximum Gasteiger partial charge on any atom is 0.348 e. The van der Waals surface area contributed by atoms with Crippen molar-refractivity contribution in [3.63, 3.8) is 0 Å². The van der Waals surface area contributed by atoms with Crippen LogP contribution in [0.5, 0.6) is 0 Å². The summed E-state index contributed by atoms with van der Waals surface area (Å²) < 4.78 is 50.7. The van der Waals surface area contributed by atoms with Crippen molar-refractivity contribution in [2.24, 2.45) is 10.1 Å². The third-order valence-electron chi connectivity index (χ3n) is 4.57. The molecule has 0 aromatic heterocycles. The zero-order chi connectivity index (χ0) is 23.1. The minimum atomic E-state index is -4.53. The third-order valence-corrected chi connectivity index (χ3v) is 7.59. The fourth-order valence-electron chi connectivity index (χ4n) is 3.11. The minimum absolute atomic E-state index is 0.113. The Balaban J connectivity index is 1.85. The Kier molecular flexibility index (Phi) is 5.51. The van der Waals surface area contributed by atoms with Gasteiger partial charge < -0.3 is 0 Å². The van der Waals surface area contributed by atoms with Gasteiger partial charge in [-0.05, 0) is 36.4 Å². The average molecular weight is 491 g/mol. The Morgan fingerprint density at radius 2 is 1.50 bits per heavy atom. The van der Waals surface area contributed by atoms with Crippen LogP contribution in [0.1, 0.15) is 0 Å². The van der Waals surface area contributed by atoms with E-state index < -0.39 is 35.9 Å². The van der Waals surface area contributed by atoms with Crippen molar-refractivity contribution in [3.8, 4) is 0 Å². The summed E-state index contributed by atoms with van der Waals surface area (Å²) in [4.78, 5) is 17.6. The van der Waals surface area contributed by atoms with Gasteiger partial charge in [-0.2, -0.15) is 4.31 Å². The molecule has 0 saturated carbocycles. The number of para-hydroxylation sites is 2. The molecule has 0 bridgehead atoms. The number of hydrogen-bond donors (Lipinski definition) is 1. The van der Waals surface area contributed by atoms with E-state index in [1.54, 1.807) is 60.7 Å². The molecule has 0 unspecified atom stereocenters. The van der Waals surface area contributed by atoms with E-state index in [0.717, 1.165) is 18.5 Å². The van der Waals surface area contributed by atoms with E-state index in [1.807, 2.05) is 0 Å². The second kappa shape index (κ2) is 8.02. The molecule has 1 aliphatic heterocycles. The molecule has 12 heteroatoms. The summed E-state index contributed by atoms with van der Waals surface area (Å²) in [6.07, 6.45) is 0.853. The van der Waals surface area contributed by atoms with Crippen LogP contribution in [0.3, 0.4) is 0 Å². The van der Waals surface area contributed by atoms with E-state index in [0.29, 0.717) is 15.7 Å². The number of carbonyl (C=O) groups excluding carboxylic acids is 1. The number of hydrogen-bond acceptors (Lipinski definition) is 6. The van der Waals surface area contributed by atoms with E-state index in [9.17, 15) is 21.6 Å². The van der Waals surface area contributed by atoms with Crippen LogP contribution in [-0.4, -0.2) is 33.5 Å². The van der Waals surface area contributed by atoms with Gasteiger partial charge >= 0.3 is 6.03 Å². The lowest BCUT2D eigenvalue weighted by Gasteiger charge is -2.29. The Bertz CT molecular complexity index is 1400. The lowest BCUT2D eigenvalue weighted by atomic mass is 10.2. The minimum Gasteiger partial charge on any atom is -0.262 e. The molecule has 9 nitrogen and oxygen atoms in total. The largest absolute Gasteiger partial charge is 0.348 e. The summed E-state index contributed by atoms with van der Waals surface area (Å²) >= 11 is 5.93. The Morgan fingerprint density at radius 1 is 0.969 bits per heavy atom. The number of halogens is 1. The van der Waals surface area contributed by atoms with Crippen LogP contribution in [0.4, 0.5) is 21.9 Å². The molecule has 4 rings (SSSR count). The van der Waals surface area contributed by atoms with Crippen molar-refractivity contribution in [1.29, 1.82) is 0 Å².